The maximum atomic E-state index is 6.49. The Balaban J connectivity index is 1.07. The molecule has 0 saturated heterocycles. The average molecular weight is 983 g/mol. The molecule has 0 saturated carbocycles. The Hall–Kier alpha value is -10.9. The van der Waals surface area contributed by atoms with Gasteiger partial charge in [-0.3, -0.25) is 19.9 Å². The maximum Gasteiger partial charge on any atom is 0.182 e. The van der Waals surface area contributed by atoms with Crippen LogP contribution in [0.2, 0.25) is 0 Å². The third-order valence-corrected chi connectivity index (χ3v) is 13.0. The van der Waals surface area contributed by atoms with Crippen LogP contribution in [0.3, 0.4) is 0 Å². The summed E-state index contributed by atoms with van der Waals surface area (Å²) in [6.45, 7) is 0. The van der Waals surface area contributed by atoms with Crippen molar-refractivity contribution in [2.45, 2.75) is 0 Å². The lowest BCUT2D eigenvalue weighted by molar-refractivity contribution is 0.477. The minimum Gasteiger partial charge on any atom is -0.453 e. The van der Waals surface area contributed by atoms with Gasteiger partial charge in [0, 0.05) is 47.3 Å². The highest BCUT2D eigenvalue weighted by Crippen LogP contribution is 2.54. The summed E-state index contributed by atoms with van der Waals surface area (Å²) < 4.78 is 13.0. The number of benzene rings is 6. The molecule has 14 rings (SSSR count). The van der Waals surface area contributed by atoms with Gasteiger partial charge in [0.25, 0.3) is 0 Å². The van der Waals surface area contributed by atoms with Crippen molar-refractivity contribution in [3.8, 4) is 103 Å². The molecule has 6 aromatic carbocycles. The van der Waals surface area contributed by atoms with Crippen LogP contribution in [-0.2, 0) is 0 Å². The highest BCUT2D eigenvalue weighted by atomic mass is 16.5. The second kappa shape index (κ2) is 18.6. The average Bonchev–Trinajstić information content (AvgIpc) is 3.51. The van der Waals surface area contributed by atoms with E-state index >= 15 is 0 Å². The lowest BCUT2D eigenvalue weighted by Crippen LogP contribution is -2.16. The SMILES string of the molecule is c1ccc(-c2nc(-c3ccccn3)nc(-c3cc(N4c5ccccc5Oc5ccccc54)ccc3-c3ccc(N4c5ccccc5Oc5ccccc54)cc3-c3nc(-c4ccccn4)nc(-c4ccccn4)n3)n2)nc1. The molecule has 12 aromatic rings. The number of anilines is 6. The normalized spacial score (nSPS) is 12.1. The Morgan fingerprint density at radius 1 is 0.250 bits per heavy atom. The van der Waals surface area contributed by atoms with Crippen molar-refractivity contribution in [2.75, 3.05) is 9.80 Å². The molecule has 8 heterocycles. The first kappa shape index (κ1) is 43.9. The van der Waals surface area contributed by atoms with E-state index in [1.165, 1.54) is 0 Å². The zero-order chi connectivity index (χ0) is 50.4. The monoisotopic (exact) mass is 982 g/mol. The van der Waals surface area contributed by atoms with Crippen molar-refractivity contribution in [1.82, 2.24) is 49.8 Å². The van der Waals surface area contributed by atoms with Gasteiger partial charge < -0.3 is 19.3 Å². The zero-order valence-electron chi connectivity index (χ0n) is 40.1. The first-order valence-corrected chi connectivity index (χ1v) is 24.5. The Labute approximate surface area is 435 Å². The molecule has 6 aromatic heterocycles. The van der Waals surface area contributed by atoms with Crippen LogP contribution in [0.4, 0.5) is 34.1 Å². The quantitative estimate of drug-likeness (QED) is 0.135. The van der Waals surface area contributed by atoms with Crippen LogP contribution in [0.25, 0.3) is 80.0 Å². The van der Waals surface area contributed by atoms with Crippen LogP contribution < -0.4 is 19.3 Å². The fourth-order valence-electron chi connectivity index (χ4n) is 9.58. The van der Waals surface area contributed by atoms with Gasteiger partial charge in [0.2, 0.25) is 0 Å². The molecule has 0 unspecified atom stereocenters. The van der Waals surface area contributed by atoms with Crippen LogP contribution in [-0.4, -0.2) is 49.8 Å². The molecule has 358 valence electrons. The number of ether oxygens (including phenoxy) is 2. The summed E-state index contributed by atoms with van der Waals surface area (Å²) in [6, 6.07) is 67.4. The molecule has 0 spiro atoms. The van der Waals surface area contributed by atoms with Crippen LogP contribution in [0.5, 0.6) is 23.0 Å². The standard InChI is InChI=1S/C62H38N12O2/c1-5-25-53-49(21-1)73(50-22-2-6-26-54(50)75-53)39-29-31-41(43(37-39)57-67-59(45-17-9-13-33-63-45)71-60(68-57)46-18-10-14-34-64-46)42-32-30-40(74-51-23-3-7-27-55(51)76-56-28-8-4-24-52(56)74)38-44(42)58-69-61(47-19-11-15-35-65-47)72-62(70-58)48-20-12-16-36-66-48/h1-38H. The highest BCUT2D eigenvalue weighted by molar-refractivity contribution is 5.96. The number of hydrogen-bond donors (Lipinski definition) is 0. The van der Waals surface area contributed by atoms with Gasteiger partial charge in [0.1, 0.15) is 22.8 Å². The Kier molecular flexibility index (Phi) is 10.8. The summed E-state index contributed by atoms with van der Waals surface area (Å²) >= 11 is 0. The van der Waals surface area contributed by atoms with Crippen LogP contribution >= 0.6 is 0 Å². The van der Waals surface area contributed by atoms with Crippen molar-refractivity contribution in [1.29, 1.82) is 0 Å². The fraction of sp³-hybridized carbons (Fsp3) is 0. The molecule has 0 aliphatic carbocycles. The predicted octanol–water partition coefficient (Wildman–Crippen LogP) is 14.5. The number of fused-ring (bicyclic) bond motifs is 4. The number of pyridine rings is 4. The van der Waals surface area contributed by atoms with Gasteiger partial charge in [-0.2, -0.15) is 0 Å². The highest BCUT2D eigenvalue weighted by Gasteiger charge is 2.30. The van der Waals surface area contributed by atoms with E-state index in [0.29, 0.717) is 91.8 Å². The third-order valence-electron chi connectivity index (χ3n) is 13.0. The van der Waals surface area contributed by atoms with E-state index < -0.39 is 0 Å². The summed E-state index contributed by atoms with van der Waals surface area (Å²) in [5, 5.41) is 0. The molecular weight excluding hydrogens is 945 g/mol. The van der Waals surface area contributed by atoms with E-state index in [4.69, 9.17) is 59.3 Å². The molecule has 0 atom stereocenters. The van der Waals surface area contributed by atoms with Crippen LogP contribution in [0, 0.1) is 0 Å². The Bertz CT molecular complexity index is 3680. The molecule has 76 heavy (non-hydrogen) atoms. The lowest BCUT2D eigenvalue weighted by Gasteiger charge is -2.33. The predicted molar refractivity (Wildman–Crippen MR) is 292 cm³/mol. The second-order valence-electron chi connectivity index (χ2n) is 17.7. The first-order chi connectivity index (χ1) is 37.7. The largest absolute Gasteiger partial charge is 0.453 e. The van der Waals surface area contributed by atoms with Crippen LogP contribution in [0.1, 0.15) is 0 Å². The number of aromatic nitrogens is 10. The third kappa shape index (κ3) is 7.95. The van der Waals surface area contributed by atoms with Gasteiger partial charge in [0.15, 0.2) is 57.9 Å². The van der Waals surface area contributed by atoms with Crippen molar-refractivity contribution in [2.24, 2.45) is 0 Å². The van der Waals surface area contributed by atoms with E-state index in [-0.39, 0.29) is 0 Å². The van der Waals surface area contributed by atoms with Crippen LogP contribution in [0.15, 0.2) is 231 Å². The maximum absolute atomic E-state index is 6.49. The minimum atomic E-state index is 0.377. The van der Waals surface area contributed by atoms with Gasteiger partial charge >= 0.3 is 0 Å². The molecule has 0 radical (unpaired) electrons. The molecule has 14 nitrogen and oxygen atoms in total. The van der Waals surface area contributed by atoms with Gasteiger partial charge in [-0.05, 0) is 132 Å². The Morgan fingerprint density at radius 3 is 0.816 bits per heavy atom. The lowest BCUT2D eigenvalue weighted by atomic mass is 9.92. The minimum absolute atomic E-state index is 0.377. The topological polar surface area (TPSA) is 154 Å². The van der Waals surface area contributed by atoms with E-state index in [0.717, 1.165) is 45.3 Å². The summed E-state index contributed by atoms with van der Waals surface area (Å²) in [7, 11) is 0. The number of para-hydroxylation sites is 8. The van der Waals surface area contributed by atoms with Crippen molar-refractivity contribution in [3.63, 3.8) is 0 Å². The van der Waals surface area contributed by atoms with Gasteiger partial charge in [0.05, 0.1) is 22.7 Å². The summed E-state index contributed by atoms with van der Waals surface area (Å²) in [4.78, 5) is 54.3. The van der Waals surface area contributed by atoms with Gasteiger partial charge in [-0.1, -0.05) is 84.9 Å². The first-order valence-electron chi connectivity index (χ1n) is 24.5. The summed E-state index contributed by atoms with van der Waals surface area (Å²) in [5.74, 6) is 5.14. The molecule has 0 amide bonds. The van der Waals surface area contributed by atoms with Gasteiger partial charge in [-0.15, -0.1) is 0 Å². The molecule has 14 heteroatoms. The molecule has 2 aliphatic rings. The second-order valence-corrected chi connectivity index (χ2v) is 17.7. The van der Waals surface area contributed by atoms with E-state index in [9.17, 15) is 0 Å². The van der Waals surface area contributed by atoms with E-state index in [2.05, 4.69) is 70.5 Å². The summed E-state index contributed by atoms with van der Waals surface area (Å²) in [5.41, 5.74) is 10.3. The molecule has 0 fully saturated rings. The smallest absolute Gasteiger partial charge is 0.182 e. The summed E-state index contributed by atoms with van der Waals surface area (Å²) in [6.07, 6.45) is 6.91. The molecule has 2 aliphatic heterocycles. The van der Waals surface area contributed by atoms with Crippen molar-refractivity contribution >= 4 is 34.1 Å². The zero-order valence-corrected chi connectivity index (χ0v) is 40.1. The fourth-order valence-corrected chi connectivity index (χ4v) is 9.58. The number of nitrogens with zero attached hydrogens (tertiary/aromatic N) is 12. The van der Waals surface area contributed by atoms with E-state index in [1.807, 2.05) is 146 Å². The number of rotatable bonds is 9. The van der Waals surface area contributed by atoms with Crippen molar-refractivity contribution in [3.05, 3.63) is 231 Å². The van der Waals surface area contributed by atoms with E-state index in [1.54, 1.807) is 24.8 Å². The van der Waals surface area contributed by atoms with Crippen molar-refractivity contribution < 1.29 is 9.47 Å². The number of hydrogen-bond acceptors (Lipinski definition) is 14. The molecule has 0 N–H and O–H groups in total. The molecular formula is C62H38N12O2. The Morgan fingerprint density at radius 2 is 0.526 bits per heavy atom. The van der Waals surface area contributed by atoms with Gasteiger partial charge in [-0.25, -0.2) is 29.9 Å². The molecule has 0 bridgehead atoms.